The zero-order valence-corrected chi connectivity index (χ0v) is 16.8. The summed E-state index contributed by atoms with van der Waals surface area (Å²) >= 11 is 1.69. The van der Waals surface area contributed by atoms with E-state index in [0.717, 1.165) is 33.4 Å². The molecule has 0 aliphatic heterocycles. The van der Waals surface area contributed by atoms with Crippen molar-refractivity contribution >= 4 is 11.8 Å². The Morgan fingerprint density at radius 1 is 1.07 bits per heavy atom. The number of H-pyrrole nitrogens is 1. The Kier molecular flexibility index (Phi) is 5.16. The van der Waals surface area contributed by atoms with Gasteiger partial charge in [-0.05, 0) is 36.8 Å². The Labute approximate surface area is 168 Å². The summed E-state index contributed by atoms with van der Waals surface area (Å²) in [6.45, 7) is 2.17. The van der Waals surface area contributed by atoms with Gasteiger partial charge in [0.2, 0.25) is 0 Å². The van der Waals surface area contributed by atoms with Gasteiger partial charge in [0.15, 0.2) is 5.16 Å². The Morgan fingerprint density at radius 3 is 2.68 bits per heavy atom. The first-order chi connectivity index (χ1) is 13.6. The lowest BCUT2D eigenvalue weighted by atomic mass is 10.1. The van der Waals surface area contributed by atoms with E-state index in [-0.39, 0.29) is 5.25 Å². The molecular formula is C21H21N5OS. The molecule has 0 aliphatic carbocycles. The van der Waals surface area contributed by atoms with Crippen LogP contribution in [0.15, 0.2) is 66.1 Å². The molecule has 1 atom stereocenters. The molecule has 2 heterocycles. The van der Waals surface area contributed by atoms with Crippen LogP contribution in [-0.2, 0) is 7.05 Å². The molecule has 1 unspecified atom stereocenters. The molecule has 0 fully saturated rings. The first-order valence-electron chi connectivity index (χ1n) is 8.95. The van der Waals surface area contributed by atoms with Gasteiger partial charge in [-0.3, -0.25) is 5.10 Å². The normalized spacial score (nSPS) is 12.1. The Bertz CT molecular complexity index is 1090. The smallest absolute Gasteiger partial charge is 0.191 e. The van der Waals surface area contributed by atoms with Crippen molar-refractivity contribution in [1.29, 1.82) is 0 Å². The fourth-order valence-electron chi connectivity index (χ4n) is 2.96. The predicted octanol–water partition coefficient (Wildman–Crippen LogP) is 4.73. The van der Waals surface area contributed by atoms with Crippen LogP contribution in [-0.4, -0.2) is 32.1 Å². The minimum absolute atomic E-state index is 0.250. The number of rotatable bonds is 6. The van der Waals surface area contributed by atoms with E-state index in [1.54, 1.807) is 25.2 Å². The number of hydrogen-bond acceptors (Lipinski definition) is 5. The molecule has 0 saturated heterocycles. The average Bonchev–Trinajstić information content (AvgIpc) is 3.38. The molecule has 6 nitrogen and oxygen atoms in total. The summed E-state index contributed by atoms with van der Waals surface area (Å²) in [5.74, 6) is 0.824. The van der Waals surface area contributed by atoms with Gasteiger partial charge in [0, 0.05) is 23.4 Å². The molecular weight excluding hydrogens is 370 g/mol. The van der Waals surface area contributed by atoms with Crippen molar-refractivity contribution in [2.45, 2.75) is 17.3 Å². The van der Waals surface area contributed by atoms with Crippen LogP contribution in [0.5, 0.6) is 5.75 Å². The summed E-state index contributed by atoms with van der Waals surface area (Å²) in [4.78, 5) is 0. The molecule has 2 aromatic carbocycles. The molecule has 0 radical (unpaired) electrons. The third-order valence-corrected chi connectivity index (χ3v) is 5.77. The topological polar surface area (TPSA) is 68.6 Å². The van der Waals surface area contributed by atoms with Crippen molar-refractivity contribution in [3.8, 4) is 28.3 Å². The van der Waals surface area contributed by atoms with Crippen LogP contribution in [0.4, 0.5) is 0 Å². The number of aromatic amines is 1. The highest BCUT2D eigenvalue weighted by Crippen LogP contribution is 2.35. The molecule has 0 aliphatic rings. The van der Waals surface area contributed by atoms with E-state index in [9.17, 15) is 0 Å². The van der Waals surface area contributed by atoms with Crippen molar-refractivity contribution in [3.63, 3.8) is 0 Å². The first-order valence-corrected chi connectivity index (χ1v) is 9.83. The second kappa shape index (κ2) is 7.90. The van der Waals surface area contributed by atoms with E-state index in [2.05, 4.69) is 57.7 Å². The molecule has 0 amide bonds. The average molecular weight is 392 g/mol. The molecule has 4 rings (SSSR count). The van der Waals surface area contributed by atoms with Gasteiger partial charge in [0.05, 0.1) is 18.5 Å². The summed E-state index contributed by atoms with van der Waals surface area (Å²) in [5.41, 5.74) is 5.21. The minimum atomic E-state index is 0.250. The minimum Gasteiger partial charge on any atom is -0.497 e. The number of hydrogen-bond donors (Lipinski definition) is 1. The molecule has 0 bridgehead atoms. The maximum absolute atomic E-state index is 5.31. The number of nitrogens with one attached hydrogen (secondary N) is 1. The van der Waals surface area contributed by atoms with Gasteiger partial charge in [0.25, 0.3) is 0 Å². The van der Waals surface area contributed by atoms with Crippen molar-refractivity contribution in [1.82, 2.24) is 25.0 Å². The largest absolute Gasteiger partial charge is 0.497 e. The fourth-order valence-corrected chi connectivity index (χ4v) is 3.87. The van der Waals surface area contributed by atoms with E-state index < -0.39 is 0 Å². The second-order valence-corrected chi connectivity index (χ2v) is 7.82. The van der Waals surface area contributed by atoms with Crippen molar-refractivity contribution in [2.24, 2.45) is 7.05 Å². The van der Waals surface area contributed by atoms with Crippen molar-refractivity contribution in [3.05, 3.63) is 66.5 Å². The van der Waals surface area contributed by atoms with Crippen molar-refractivity contribution < 1.29 is 4.74 Å². The lowest BCUT2D eigenvalue weighted by Gasteiger charge is -2.11. The number of ether oxygens (including phenoxy) is 1. The highest BCUT2D eigenvalue weighted by molar-refractivity contribution is 7.99. The number of nitrogens with zero attached hydrogens (tertiary/aromatic N) is 4. The molecule has 4 aromatic rings. The third kappa shape index (κ3) is 3.80. The van der Waals surface area contributed by atoms with Gasteiger partial charge in [-0.1, -0.05) is 42.1 Å². The molecule has 0 saturated carbocycles. The van der Waals surface area contributed by atoms with Gasteiger partial charge < -0.3 is 9.30 Å². The van der Waals surface area contributed by atoms with Crippen LogP contribution in [0.2, 0.25) is 0 Å². The summed E-state index contributed by atoms with van der Waals surface area (Å²) in [6.07, 6.45) is 1.72. The summed E-state index contributed by atoms with van der Waals surface area (Å²) < 4.78 is 7.24. The number of aromatic nitrogens is 5. The zero-order chi connectivity index (χ0) is 19.5. The Morgan fingerprint density at radius 2 is 1.89 bits per heavy atom. The number of thioether (sulfide) groups is 1. The number of aryl methyl sites for hydroxylation is 1. The van der Waals surface area contributed by atoms with Crippen LogP contribution in [0.1, 0.15) is 17.7 Å². The van der Waals surface area contributed by atoms with Crippen LogP contribution < -0.4 is 4.74 Å². The maximum Gasteiger partial charge on any atom is 0.191 e. The Balaban J connectivity index is 1.58. The third-order valence-electron chi connectivity index (χ3n) is 4.56. The number of methoxy groups -OCH3 is 1. The molecule has 28 heavy (non-hydrogen) atoms. The van der Waals surface area contributed by atoms with Gasteiger partial charge in [-0.25, -0.2) is 0 Å². The molecule has 1 N–H and O–H groups in total. The van der Waals surface area contributed by atoms with E-state index >= 15 is 0 Å². The van der Waals surface area contributed by atoms with Crippen LogP contribution >= 0.6 is 11.8 Å². The van der Waals surface area contributed by atoms with Crippen molar-refractivity contribution in [2.75, 3.05) is 7.11 Å². The van der Waals surface area contributed by atoms with E-state index in [1.807, 2.05) is 35.9 Å². The number of benzene rings is 2. The highest BCUT2D eigenvalue weighted by Gasteiger charge is 2.13. The van der Waals surface area contributed by atoms with Gasteiger partial charge in [0.1, 0.15) is 12.1 Å². The second-order valence-electron chi connectivity index (χ2n) is 6.51. The van der Waals surface area contributed by atoms with E-state index in [1.165, 1.54) is 5.56 Å². The summed E-state index contributed by atoms with van der Waals surface area (Å²) in [6, 6.07) is 18.5. The highest BCUT2D eigenvalue weighted by atomic mass is 32.2. The molecule has 7 heteroatoms. The van der Waals surface area contributed by atoms with Gasteiger partial charge >= 0.3 is 0 Å². The van der Waals surface area contributed by atoms with Gasteiger partial charge in [-0.15, -0.1) is 10.2 Å². The van der Waals surface area contributed by atoms with Crippen LogP contribution in [0, 0.1) is 0 Å². The SMILES string of the molecule is COc1cccc(-c2cc(-c3cccc(C(C)Sc4nncn4C)c3)n[nH]2)c1. The maximum atomic E-state index is 5.31. The lowest BCUT2D eigenvalue weighted by molar-refractivity contribution is 0.415. The molecule has 2 aromatic heterocycles. The molecule has 0 spiro atoms. The predicted molar refractivity (Wildman–Crippen MR) is 111 cm³/mol. The fraction of sp³-hybridized carbons (Fsp3) is 0.190. The lowest BCUT2D eigenvalue weighted by Crippen LogP contribution is -1.94. The quantitative estimate of drug-likeness (QED) is 0.481. The standard InChI is InChI=1S/C21H21N5OS/c1-14(28-21-25-22-13-26(21)2)15-6-4-7-16(10-15)19-12-20(24-23-19)17-8-5-9-18(11-17)27-3/h4-14H,1-3H3,(H,23,24). The Hall–Kier alpha value is -3.06. The molecule has 142 valence electrons. The summed E-state index contributed by atoms with van der Waals surface area (Å²) in [7, 11) is 3.62. The van der Waals surface area contributed by atoms with Crippen LogP contribution in [0.3, 0.4) is 0 Å². The monoisotopic (exact) mass is 391 g/mol. The zero-order valence-electron chi connectivity index (χ0n) is 16.0. The van der Waals surface area contributed by atoms with Crippen LogP contribution in [0.25, 0.3) is 22.5 Å². The first kappa shape index (κ1) is 18.3. The van der Waals surface area contributed by atoms with Gasteiger partial charge in [-0.2, -0.15) is 5.10 Å². The van der Waals surface area contributed by atoms with E-state index in [0.29, 0.717) is 0 Å². The summed E-state index contributed by atoms with van der Waals surface area (Å²) in [5, 5.41) is 16.9. The van der Waals surface area contributed by atoms with E-state index in [4.69, 9.17) is 4.74 Å².